The van der Waals surface area contributed by atoms with Crippen LogP contribution in [0.4, 0.5) is 5.82 Å². The number of carbonyl (C=O) groups is 2. The standard InChI is InChI=1S/C14H18N2O3/c1-14(2,3)19-13(18)10-6-7-15-11(9-10)16-8-4-5-12(16)17/h6-7,9H,4-5,8H2,1-3H3. The van der Waals surface area contributed by atoms with Crippen LogP contribution in [0.15, 0.2) is 18.3 Å². The van der Waals surface area contributed by atoms with Crippen molar-refractivity contribution >= 4 is 17.7 Å². The zero-order valence-electron chi connectivity index (χ0n) is 11.5. The summed E-state index contributed by atoms with van der Waals surface area (Å²) in [7, 11) is 0. The molecule has 0 saturated carbocycles. The van der Waals surface area contributed by atoms with Crippen molar-refractivity contribution in [3.05, 3.63) is 23.9 Å². The number of hydrogen-bond donors (Lipinski definition) is 0. The van der Waals surface area contributed by atoms with Gasteiger partial charge in [0.15, 0.2) is 0 Å². The minimum atomic E-state index is -0.538. The summed E-state index contributed by atoms with van der Waals surface area (Å²) in [6, 6.07) is 3.20. The summed E-state index contributed by atoms with van der Waals surface area (Å²) in [6.07, 6.45) is 2.90. The smallest absolute Gasteiger partial charge is 0.338 e. The van der Waals surface area contributed by atoms with Crippen LogP contribution < -0.4 is 4.90 Å². The van der Waals surface area contributed by atoms with Crippen LogP contribution in [0.2, 0.25) is 0 Å². The first-order chi connectivity index (χ1) is 8.87. The molecule has 0 aromatic carbocycles. The number of rotatable bonds is 2. The average Bonchev–Trinajstić information content (AvgIpc) is 2.73. The summed E-state index contributed by atoms with van der Waals surface area (Å²) >= 11 is 0. The van der Waals surface area contributed by atoms with E-state index in [4.69, 9.17) is 4.74 Å². The van der Waals surface area contributed by atoms with Crippen molar-refractivity contribution in [3.63, 3.8) is 0 Å². The van der Waals surface area contributed by atoms with Gasteiger partial charge in [-0.3, -0.25) is 9.69 Å². The zero-order chi connectivity index (χ0) is 14.0. The maximum absolute atomic E-state index is 12.0. The van der Waals surface area contributed by atoms with Gasteiger partial charge in [0, 0.05) is 19.2 Å². The van der Waals surface area contributed by atoms with E-state index in [1.165, 1.54) is 6.20 Å². The first-order valence-electron chi connectivity index (χ1n) is 6.36. The van der Waals surface area contributed by atoms with E-state index in [9.17, 15) is 9.59 Å². The number of pyridine rings is 1. The number of ether oxygens (including phenoxy) is 1. The van der Waals surface area contributed by atoms with Crippen molar-refractivity contribution in [2.45, 2.75) is 39.2 Å². The second-order valence-electron chi connectivity index (χ2n) is 5.55. The normalized spacial score (nSPS) is 15.7. The lowest BCUT2D eigenvalue weighted by Crippen LogP contribution is -2.26. The van der Waals surface area contributed by atoms with Gasteiger partial charge in [0.25, 0.3) is 0 Å². The Morgan fingerprint density at radius 3 is 2.74 bits per heavy atom. The van der Waals surface area contributed by atoms with E-state index in [0.717, 1.165) is 6.42 Å². The lowest BCUT2D eigenvalue weighted by atomic mass is 10.2. The second-order valence-corrected chi connectivity index (χ2v) is 5.55. The Labute approximate surface area is 112 Å². The third-order valence-electron chi connectivity index (χ3n) is 2.73. The van der Waals surface area contributed by atoms with Gasteiger partial charge in [0.05, 0.1) is 5.56 Å². The third-order valence-corrected chi connectivity index (χ3v) is 2.73. The minimum absolute atomic E-state index is 0.0499. The molecule has 0 atom stereocenters. The maximum atomic E-state index is 12.0. The summed E-state index contributed by atoms with van der Waals surface area (Å²) in [4.78, 5) is 29.4. The Morgan fingerprint density at radius 2 is 2.16 bits per heavy atom. The van der Waals surface area contributed by atoms with Gasteiger partial charge in [-0.2, -0.15) is 0 Å². The van der Waals surface area contributed by atoms with Crippen LogP contribution >= 0.6 is 0 Å². The highest BCUT2D eigenvalue weighted by atomic mass is 16.6. The quantitative estimate of drug-likeness (QED) is 0.766. The number of esters is 1. The van der Waals surface area contributed by atoms with Crippen molar-refractivity contribution < 1.29 is 14.3 Å². The fraction of sp³-hybridized carbons (Fsp3) is 0.500. The van der Waals surface area contributed by atoms with Crippen LogP contribution in [0.1, 0.15) is 44.0 Å². The van der Waals surface area contributed by atoms with Crippen LogP contribution in [-0.2, 0) is 9.53 Å². The number of hydrogen-bond acceptors (Lipinski definition) is 4. The third kappa shape index (κ3) is 3.30. The SMILES string of the molecule is CC(C)(C)OC(=O)c1ccnc(N2CCCC2=O)c1. The van der Waals surface area contributed by atoms with Gasteiger partial charge in [-0.1, -0.05) is 0 Å². The van der Waals surface area contributed by atoms with Gasteiger partial charge in [-0.15, -0.1) is 0 Å². The molecule has 0 spiro atoms. The van der Waals surface area contributed by atoms with Crippen molar-refractivity contribution in [3.8, 4) is 0 Å². The molecule has 1 aromatic heterocycles. The predicted octanol–water partition coefficient (Wildman–Crippen LogP) is 2.16. The minimum Gasteiger partial charge on any atom is -0.456 e. The molecule has 1 fully saturated rings. The molecule has 19 heavy (non-hydrogen) atoms. The van der Waals surface area contributed by atoms with E-state index < -0.39 is 11.6 Å². The summed E-state index contributed by atoms with van der Waals surface area (Å²) in [5.41, 5.74) is -0.121. The molecule has 0 N–H and O–H groups in total. The molecule has 102 valence electrons. The number of aromatic nitrogens is 1. The number of nitrogens with zero attached hydrogens (tertiary/aromatic N) is 2. The fourth-order valence-electron chi connectivity index (χ4n) is 1.92. The van der Waals surface area contributed by atoms with Crippen molar-refractivity contribution in [2.24, 2.45) is 0 Å². The summed E-state index contributed by atoms with van der Waals surface area (Å²) in [6.45, 7) is 6.11. The summed E-state index contributed by atoms with van der Waals surface area (Å²) < 4.78 is 5.30. The Balaban J connectivity index is 2.20. The molecule has 0 unspecified atom stereocenters. The lowest BCUT2D eigenvalue weighted by molar-refractivity contribution is -0.117. The Kier molecular flexibility index (Phi) is 3.55. The van der Waals surface area contributed by atoms with Gasteiger partial charge < -0.3 is 4.74 Å². The van der Waals surface area contributed by atoms with E-state index >= 15 is 0 Å². The van der Waals surface area contributed by atoms with Crippen LogP contribution in [-0.4, -0.2) is 29.0 Å². The molecule has 1 amide bonds. The van der Waals surface area contributed by atoms with Gasteiger partial charge in [0.1, 0.15) is 11.4 Å². The molecule has 0 radical (unpaired) electrons. The van der Waals surface area contributed by atoms with E-state index in [1.54, 1.807) is 17.0 Å². The lowest BCUT2D eigenvalue weighted by Gasteiger charge is -2.20. The molecule has 0 aliphatic carbocycles. The zero-order valence-corrected chi connectivity index (χ0v) is 11.5. The highest BCUT2D eigenvalue weighted by Gasteiger charge is 2.24. The molecule has 0 bridgehead atoms. The van der Waals surface area contributed by atoms with Gasteiger partial charge in [0.2, 0.25) is 5.91 Å². The summed E-state index contributed by atoms with van der Waals surface area (Å²) in [5, 5.41) is 0. The molecule has 5 heteroatoms. The molecule has 1 aliphatic heterocycles. The van der Waals surface area contributed by atoms with Crippen LogP contribution in [0.25, 0.3) is 0 Å². The van der Waals surface area contributed by atoms with Crippen LogP contribution in [0.3, 0.4) is 0 Å². The summed E-state index contributed by atoms with van der Waals surface area (Å²) in [5.74, 6) is 0.169. The van der Waals surface area contributed by atoms with Crippen molar-refractivity contribution in [1.82, 2.24) is 4.98 Å². The van der Waals surface area contributed by atoms with Gasteiger partial charge >= 0.3 is 5.97 Å². The van der Waals surface area contributed by atoms with Crippen molar-refractivity contribution in [2.75, 3.05) is 11.4 Å². The Bertz CT molecular complexity index is 506. The Morgan fingerprint density at radius 1 is 1.42 bits per heavy atom. The molecular formula is C14H18N2O3. The van der Waals surface area contributed by atoms with E-state index in [0.29, 0.717) is 24.3 Å². The van der Waals surface area contributed by atoms with E-state index in [2.05, 4.69) is 4.98 Å². The predicted molar refractivity (Wildman–Crippen MR) is 71.0 cm³/mol. The van der Waals surface area contributed by atoms with Crippen LogP contribution in [0.5, 0.6) is 0 Å². The van der Waals surface area contributed by atoms with Gasteiger partial charge in [-0.05, 0) is 39.3 Å². The molecule has 1 aromatic rings. The fourth-order valence-corrected chi connectivity index (χ4v) is 1.92. The number of anilines is 1. The monoisotopic (exact) mass is 262 g/mol. The largest absolute Gasteiger partial charge is 0.456 e. The number of amides is 1. The molecule has 5 nitrogen and oxygen atoms in total. The van der Waals surface area contributed by atoms with E-state index in [-0.39, 0.29) is 5.91 Å². The average molecular weight is 262 g/mol. The molecule has 1 aliphatic rings. The number of carbonyl (C=O) groups excluding carboxylic acids is 2. The molecule has 2 rings (SSSR count). The second kappa shape index (κ2) is 4.99. The Hall–Kier alpha value is -1.91. The topological polar surface area (TPSA) is 59.5 Å². The highest BCUT2D eigenvalue weighted by molar-refractivity contribution is 5.96. The highest BCUT2D eigenvalue weighted by Crippen LogP contribution is 2.21. The van der Waals surface area contributed by atoms with Crippen LogP contribution in [0, 0.1) is 0 Å². The van der Waals surface area contributed by atoms with Gasteiger partial charge in [-0.25, -0.2) is 9.78 Å². The maximum Gasteiger partial charge on any atom is 0.338 e. The molecule has 1 saturated heterocycles. The first-order valence-corrected chi connectivity index (χ1v) is 6.36. The van der Waals surface area contributed by atoms with Crippen molar-refractivity contribution in [1.29, 1.82) is 0 Å². The molecule has 2 heterocycles. The first kappa shape index (κ1) is 13.5. The molecular weight excluding hydrogens is 244 g/mol. The van der Waals surface area contributed by atoms with E-state index in [1.807, 2.05) is 20.8 Å².